The van der Waals surface area contributed by atoms with Gasteiger partial charge in [-0.05, 0) is 48.5 Å². The van der Waals surface area contributed by atoms with Crippen molar-refractivity contribution in [3.05, 3.63) is 82.6 Å². The van der Waals surface area contributed by atoms with E-state index >= 15 is 0 Å². The van der Waals surface area contributed by atoms with Gasteiger partial charge in [-0.25, -0.2) is 0 Å². The smallest absolute Gasteiger partial charge is 0.416 e. The number of aromatic nitrogens is 3. The molecule has 4 rings (SSSR count). The topological polar surface area (TPSA) is 117 Å². The van der Waals surface area contributed by atoms with Crippen LogP contribution in [0.4, 0.5) is 18.9 Å². The van der Waals surface area contributed by atoms with Gasteiger partial charge in [0.25, 0.3) is 5.91 Å². The lowest BCUT2D eigenvalue weighted by atomic mass is 10.2. The number of benzene rings is 3. The van der Waals surface area contributed by atoms with Crippen molar-refractivity contribution in [3.63, 3.8) is 0 Å². The number of amides is 2. The zero-order chi connectivity index (χ0) is 31.1. The third-order valence-corrected chi connectivity index (χ3v) is 7.24. The average molecular weight is 636 g/mol. The minimum absolute atomic E-state index is 0.0453. The first-order valence-electron chi connectivity index (χ1n) is 12.4. The molecule has 0 unspecified atom stereocenters. The van der Waals surface area contributed by atoms with E-state index in [4.69, 9.17) is 25.8 Å². The Morgan fingerprint density at radius 3 is 2.35 bits per heavy atom. The van der Waals surface area contributed by atoms with Crippen molar-refractivity contribution >= 4 is 40.9 Å². The third-order valence-electron chi connectivity index (χ3n) is 5.98. The number of carbonyl (C=O) groups excluding carboxylic acids is 2. The first-order valence-corrected chi connectivity index (χ1v) is 13.8. The van der Waals surface area contributed by atoms with Gasteiger partial charge in [0.05, 0.1) is 55.6 Å². The van der Waals surface area contributed by atoms with Crippen LogP contribution in [0.1, 0.15) is 21.7 Å². The zero-order valence-corrected chi connectivity index (χ0v) is 24.6. The number of hydrogen-bond acceptors (Lipinski definition) is 8. The Hall–Kier alpha value is -4.43. The van der Waals surface area contributed by atoms with Gasteiger partial charge in [-0.1, -0.05) is 35.5 Å². The van der Waals surface area contributed by atoms with Gasteiger partial charge < -0.3 is 24.8 Å². The van der Waals surface area contributed by atoms with Gasteiger partial charge in [0, 0.05) is 5.56 Å². The fourth-order valence-corrected chi connectivity index (χ4v) is 4.85. The van der Waals surface area contributed by atoms with Crippen LogP contribution in [-0.2, 0) is 17.5 Å². The van der Waals surface area contributed by atoms with Crippen LogP contribution in [0.5, 0.6) is 17.2 Å². The molecule has 10 nitrogen and oxygen atoms in total. The van der Waals surface area contributed by atoms with E-state index in [1.807, 2.05) is 0 Å². The maximum Gasteiger partial charge on any atom is 0.416 e. The van der Waals surface area contributed by atoms with E-state index in [0.29, 0.717) is 34.3 Å². The standard InChI is InChI=1S/C28H25ClF3N5O5S/c1-40-21-7-5-4-6-20(21)37-24(14-33-26(39)16-8-11-22(41-2)23(12-16)42-3)35-36-27(37)43-15-25(38)34-19-13-17(28(30,31)32)9-10-18(19)29/h4-13H,14-15H2,1-3H3,(H,33,39)(H,34,38). The number of carbonyl (C=O) groups is 2. The molecule has 0 spiro atoms. The summed E-state index contributed by atoms with van der Waals surface area (Å²) in [4.78, 5) is 25.7. The van der Waals surface area contributed by atoms with Crippen LogP contribution in [0.2, 0.25) is 5.02 Å². The highest BCUT2D eigenvalue weighted by molar-refractivity contribution is 7.99. The summed E-state index contributed by atoms with van der Waals surface area (Å²) in [6, 6.07) is 14.4. The Morgan fingerprint density at radius 2 is 1.65 bits per heavy atom. The van der Waals surface area contributed by atoms with Gasteiger partial charge in [0.2, 0.25) is 5.91 Å². The lowest BCUT2D eigenvalue weighted by molar-refractivity contribution is -0.137. The summed E-state index contributed by atoms with van der Waals surface area (Å²) in [6.45, 7) is -0.0508. The second-order valence-corrected chi connectivity index (χ2v) is 10.0. The second kappa shape index (κ2) is 13.7. The number of nitrogens with zero attached hydrogens (tertiary/aromatic N) is 3. The molecule has 3 aromatic carbocycles. The summed E-state index contributed by atoms with van der Waals surface area (Å²) in [5.74, 6) is 0.370. The molecular weight excluding hydrogens is 611 g/mol. The van der Waals surface area contributed by atoms with E-state index in [2.05, 4.69) is 20.8 Å². The van der Waals surface area contributed by atoms with Crippen molar-refractivity contribution in [1.29, 1.82) is 0 Å². The van der Waals surface area contributed by atoms with Crippen molar-refractivity contribution in [2.75, 3.05) is 32.4 Å². The fourth-order valence-electron chi connectivity index (χ4n) is 3.92. The van der Waals surface area contributed by atoms with Crippen LogP contribution in [-0.4, -0.2) is 53.7 Å². The molecule has 0 saturated heterocycles. The number of para-hydroxylation sites is 2. The molecule has 2 N–H and O–H groups in total. The van der Waals surface area contributed by atoms with Gasteiger partial charge in [-0.15, -0.1) is 10.2 Å². The summed E-state index contributed by atoms with van der Waals surface area (Å²) in [6.07, 6.45) is -4.60. The second-order valence-electron chi connectivity index (χ2n) is 8.69. The van der Waals surface area contributed by atoms with E-state index in [1.54, 1.807) is 41.0 Å². The number of alkyl halides is 3. The Morgan fingerprint density at radius 1 is 0.930 bits per heavy atom. The number of hydrogen-bond donors (Lipinski definition) is 2. The van der Waals surface area contributed by atoms with Gasteiger partial charge in [0.15, 0.2) is 22.5 Å². The van der Waals surface area contributed by atoms with Gasteiger partial charge in [0.1, 0.15) is 5.75 Å². The molecule has 1 aromatic heterocycles. The van der Waals surface area contributed by atoms with Crippen LogP contribution in [0, 0.1) is 0 Å². The average Bonchev–Trinajstić information content (AvgIpc) is 3.41. The van der Waals surface area contributed by atoms with Gasteiger partial charge in [-0.3, -0.25) is 14.2 Å². The number of methoxy groups -OCH3 is 3. The summed E-state index contributed by atoms with van der Waals surface area (Å²) in [5, 5.41) is 13.8. The predicted octanol–water partition coefficient (Wildman–Crippen LogP) is 5.63. The molecular formula is C28H25ClF3N5O5S. The molecule has 0 fully saturated rings. The van der Waals surface area contributed by atoms with Crippen molar-refractivity contribution in [3.8, 4) is 22.9 Å². The zero-order valence-electron chi connectivity index (χ0n) is 23.0. The van der Waals surface area contributed by atoms with Crippen molar-refractivity contribution in [1.82, 2.24) is 20.1 Å². The number of thioether (sulfide) groups is 1. The van der Waals surface area contributed by atoms with E-state index in [-0.39, 0.29) is 28.2 Å². The lowest BCUT2D eigenvalue weighted by Crippen LogP contribution is -2.25. The number of ether oxygens (including phenoxy) is 3. The molecule has 2 amide bonds. The van der Waals surface area contributed by atoms with Crippen LogP contribution < -0.4 is 24.8 Å². The fraction of sp³-hybridized carbons (Fsp3) is 0.214. The minimum atomic E-state index is -4.60. The van der Waals surface area contributed by atoms with E-state index in [9.17, 15) is 22.8 Å². The van der Waals surface area contributed by atoms with Crippen LogP contribution >= 0.6 is 23.4 Å². The monoisotopic (exact) mass is 635 g/mol. The Labute approximate surface area is 253 Å². The quantitative estimate of drug-likeness (QED) is 0.204. The minimum Gasteiger partial charge on any atom is -0.495 e. The SMILES string of the molecule is COc1ccc(C(=O)NCc2nnc(SCC(=O)Nc3cc(C(F)(F)F)ccc3Cl)n2-c2ccccc2OC)cc1OC. The number of anilines is 1. The number of nitrogens with one attached hydrogen (secondary N) is 2. The van der Waals surface area contributed by atoms with Crippen LogP contribution in [0.3, 0.4) is 0 Å². The van der Waals surface area contributed by atoms with Crippen molar-refractivity contribution < 1.29 is 37.0 Å². The highest BCUT2D eigenvalue weighted by Gasteiger charge is 2.31. The Kier molecular flexibility index (Phi) is 10.0. The van der Waals surface area contributed by atoms with Gasteiger partial charge >= 0.3 is 6.18 Å². The molecule has 0 aliphatic heterocycles. The molecule has 4 aromatic rings. The first-order chi connectivity index (χ1) is 20.5. The summed E-state index contributed by atoms with van der Waals surface area (Å²) in [5.41, 5.74) is -0.267. The van der Waals surface area contributed by atoms with Gasteiger partial charge in [-0.2, -0.15) is 13.2 Å². The van der Waals surface area contributed by atoms with E-state index in [1.165, 1.54) is 27.4 Å². The molecule has 226 valence electrons. The molecule has 0 bridgehead atoms. The third kappa shape index (κ3) is 7.51. The summed E-state index contributed by atoms with van der Waals surface area (Å²) in [7, 11) is 4.44. The Bertz CT molecular complexity index is 1630. The summed E-state index contributed by atoms with van der Waals surface area (Å²) < 4.78 is 57.0. The maximum absolute atomic E-state index is 13.1. The maximum atomic E-state index is 13.1. The number of rotatable bonds is 11. The molecule has 43 heavy (non-hydrogen) atoms. The molecule has 1 heterocycles. The molecule has 0 aliphatic carbocycles. The molecule has 15 heteroatoms. The first kappa shape index (κ1) is 31.5. The molecule has 0 radical (unpaired) electrons. The normalized spacial score (nSPS) is 11.1. The van der Waals surface area contributed by atoms with E-state index in [0.717, 1.165) is 30.0 Å². The predicted molar refractivity (Wildman–Crippen MR) is 154 cm³/mol. The van der Waals surface area contributed by atoms with E-state index < -0.39 is 23.6 Å². The largest absolute Gasteiger partial charge is 0.495 e. The molecule has 0 aliphatic rings. The molecule has 0 atom stereocenters. The van der Waals surface area contributed by atoms with Crippen molar-refractivity contribution in [2.45, 2.75) is 17.9 Å². The molecule has 0 saturated carbocycles. The lowest BCUT2D eigenvalue weighted by Gasteiger charge is -2.15. The van der Waals surface area contributed by atoms with Crippen molar-refractivity contribution in [2.24, 2.45) is 0 Å². The van der Waals surface area contributed by atoms with Crippen LogP contribution in [0.25, 0.3) is 5.69 Å². The summed E-state index contributed by atoms with van der Waals surface area (Å²) >= 11 is 6.99. The Balaban J connectivity index is 1.55. The highest BCUT2D eigenvalue weighted by Crippen LogP contribution is 2.34. The van der Waals surface area contributed by atoms with Crippen LogP contribution in [0.15, 0.2) is 65.8 Å². The number of halogens is 4. The highest BCUT2D eigenvalue weighted by atomic mass is 35.5.